The van der Waals surface area contributed by atoms with E-state index >= 15 is 0 Å². The van der Waals surface area contributed by atoms with Gasteiger partial charge in [0.1, 0.15) is 4.88 Å². The number of ether oxygens (including phenoxy) is 1. The first-order chi connectivity index (χ1) is 9.08. The number of nitrogens with two attached hydrogens (primary N) is 1. The second-order valence-electron chi connectivity index (χ2n) is 3.54. The fourth-order valence-corrected chi connectivity index (χ4v) is 2.68. The largest absolute Gasteiger partial charge is 0.462 e. The lowest BCUT2D eigenvalue weighted by atomic mass is 10.4. The number of amides is 1. The van der Waals surface area contributed by atoms with E-state index in [1.165, 1.54) is 11.8 Å². The molecule has 19 heavy (non-hydrogen) atoms. The van der Waals surface area contributed by atoms with Gasteiger partial charge in [-0.3, -0.25) is 4.79 Å². The number of carbonyl (C=O) groups excluding carboxylic acids is 2. The van der Waals surface area contributed by atoms with Gasteiger partial charge in [-0.15, -0.1) is 0 Å². The van der Waals surface area contributed by atoms with Crippen LogP contribution in [-0.2, 0) is 9.53 Å². The van der Waals surface area contributed by atoms with Crippen molar-refractivity contribution in [2.24, 2.45) is 5.73 Å². The highest BCUT2D eigenvalue weighted by molar-refractivity contribution is 7.99. The monoisotopic (exact) mass is 303 g/mol. The number of anilines is 1. The molecule has 8 heteroatoms. The van der Waals surface area contributed by atoms with E-state index in [-0.39, 0.29) is 5.91 Å². The normalized spacial score (nSPS) is 10.3. The number of aryl methyl sites for hydroxylation is 1. The van der Waals surface area contributed by atoms with Gasteiger partial charge in [-0.05, 0) is 13.8 Å². The van der Waals surface area contributed by atoms with Gasteiger partial charge in [0.2, 0.25) is 5.91 Å². The summed E-state index contributed by atoms with van der Waals surface area (Å²) in [7, 11) is 0. The highest BCUT2D eigenvalue weighted by atomic mass is 32.2. The molecule has 0 unspecified atom stereocenters. The maximum atomic E-state index is 11.6. The van der Waals surface area contributed by atoms with Crippen molar-refractivity contribution in [2.45, 2.75) is 13.8 Å². The van der Waals surface area contributed by atoms with Crippen molar-refractivity contribution in [3.8, 4) is 0 Å². The van der Waals surface area contributed by atoms with Crippen molar-refractivity contribution in [1.29, 1.82) is 0 Å². The van der Waals surface area contributed by atoms with Crippen LogP contribution < -0.4 is 11.1 Å². The van der Waals surface area contributed by atoms with Crippen molar-refractivity contribution >= 4 is 40.1 Å². The molecule has 1 heterocycles. The number of thioether (sulfide) groups is 1. The van der Waals surface area contributed by atoms with Crippen LogP contribution in [0, 0.1) is 6.92 Å². The summed E-state index contributed by atoms with van der Waals surface area (Å²) in [5.41, 5.74) is 5.90. The molecule has 0 fully saturated rings. The van der Waals surface area contributed by atoms with Crippen LogP contribution in [0.1, 0.15) is 22.3 Å². The first-order valence-electron chi connectivity index (χ1n) is 5.80. The predicted octanol–water partition coefficient (Wildman–Crippen LogP) is 1.26. The number of hydrogen-bond donors (Lipinski definition) is 2. The fraction of sp³-hybridized carbons (Fsp3) is 0.545. The van der Waals surface area contributed by atoms with Crippen LogP contribution in [0.5, 0.6) is 0 Å². The zero-order valence-corrected chi connectivity index (χ0v) is 12.5. The van der Waals surface area contributed by atoms with Crippen LogP contribution >= 0.6 is 23.1 Å². The van der Waals surface area contributed by atoms with Crippen molar-refractivity contribution in [2.75, 3.05) is 30.0 Å². The van der Waals surface area contributed by atoms with E-state index < -0.39 is 5.97 Å². The third-order valence-electron chi connectivity index (χ3n) is 2.00. The maximum absolute atomic E-state index is 11.6. The molecule has 3 N–H and O–H groups in total. The second-order valence-corrected chi connectivity index (χ2v) is 5.65. The molecule has 6 nitrogen and oxygen atoms in total. The summed E-state index contributed by atoms with van der Waals surface area (Å²) < 4.78 is 4.91. The summed E-state index contributed by atoms with van der Waals surface area (Å²) in [5.74, 6) is 0.501. The minimum Gasteiger partial charge on any atom is -0.462 e. The van der Waals surface area contributed by atoms with Gasteiger partial charge in [-0.2, -0.15) is 11.8 Å². The molecule has 0 bridgehead atoms. The molecule has 0 saturated carbocycles. The third-order valence-corrected chi connectivity index (χ3v) is 4.04. The fourth-order valence-electron chi connectivity index (χ4n) is 1.24. The smallest absolute Gasteiger partial charge is 0.350 e. The highest BCUT2D eigenvalue weighted by Gasteiger charge is 2.17. The quantitative estimate of drug-likeness (QED) is 0.582. The summed E-state index contributed by atoms with van der Waals surface area (Å²) >= 11 is 2.58. The summed E-state index contributed by atoms with van der Waals surface area (Å²) in [6, 6.07) is 0. The number of hydrogen-bond acceptors (Lipinski definition) is 7. The van der Waals surface area contributed by atoms with Crippen LogP contribution in [0.2, 0.25) is 0 Å². The van der Waals surface area contributed by atoms with Crippen molar-refractivity contribution in [3.63, 3.8) is 0 Å². The molecule has 1 aromatic rings. The minimum absolute atomic E-state index is 0.150. The standard InChI is InChI=1S/C11H17N3O3S2/c1-3-17-10(16)9-7(2)13-11(19-9)14-8(15)6-18-5-4-12/h3-6,12H2,1-2H3,(H,13,14,15). The Morgan fingerprint density at radius 3 is 2.89 bits per heavy atom. The summed E-state index contributed by atoms with van der Waals surface area (Å²) in [6.07, 6.45) is 0. The van der Waals surface area contributed by atoms with E-state index in [2.05, 4.69) is 10.3 Å². The number of nitrogens with zero attached hydrogens (tertiary/aromatic N) is 1. The molecule has 0 aliphatic rings. The molecule has 1 rings (SSSR count). The summed E-state index contributed by atoms with van der Waals surface area (Å²) in [6.45, 7) is 4.31. The summed E-state index contributed by atoms with van der Waals surface area (Å²) in [4.78, 5) is 27.7. The van der Waals surface area contributed by atoms with Gasteiger partial charge in [-0.25, -0.2) is 9.78 Å². The zero-order valence-electron chi connectivity index (χ0n) is 10.9. The molecule has 1 aromatic heterocycles. The second kappa shape index (κ2) is 8.13. The van der Waals surface area contributed by atoms with Crippen molar-refractivity contribution in [1.82, 2.24) is 4.98 Å². The molecule has 0 saturated heterocycles. The lowest BCUT2D eigenvalue weighted by molar-refractivity contribution is -0.113. The Kier molecular flexibility index (Phi) is 6.82. The molecule has 0 spiro atoms. The topological polar surface area (TPSA) is 94.3 Å². The summed E-state index contributed by atoms with van der Waals surface area (Å²) in [5, 5.41) is 3.07. The Morgan fingerprint density at radius 1 is 1.53 bits per heavy atom. The van der Waals surface area contributed by atoms with Crippen LogP contribution in [0.15, 0.2) is 0 Å². The Bertz CT molecular complexity index is 448. The third kappa shape index (κ3) is 5.17. The van der Waals surface area contributed by atoms with Gasteiger partial charge in [0.15, 0.2) is 5.13 Å². The lowest BCUT2D eigenvalue weighted by Gasteiger charge is -2.00. The van der Waals surface area contributed by atoms with E-state index in [1.807, 2.05) is 0 Å². The maximum Gasteiger partial charge on any atom is 0.350 e. The Hall–Kier alpha value is -1.12. The SMILES string of the molecule is CCOC(=O)c1sc(NC(=O)CSCCN)nc1C. The van der Waals surface area contributed by atoms with Gasteiger partial charge < -0.3 is 15.8 Å². The van der Waals surface area contributed by atoms with Gasteiger partial charge >= 0.3 is 5.97 Å². The van der Waals surface area contributed by atoms with E-state index in [0.29, 0.717) is 34.6 Å². The lowest BCUT2D eigenvalue weighted by Crippen LogP contribution is -2.15. The molecular weight excluding hydrogens is 286 g/mol. The average molecular weight is 303 g/mol. The van der Waals surface area contributed by atoms with E-state index in [9.17, 15) is 9.59 Å². The number of rotatable bonds is 7. The van der Waals surface area contributed by atoms with Crippen LogP contribution in [0.4, 0.5) is 5.13 Å². The molecule has 0 aromatic carbocycles. The van der Waals surface area contributed by atoms with Gasteiger partial charge in [0, 0.05) is 12.3 Å². The number of thiazole rings is 1. The van der Waals surface area contributed by atoms with Gasteiger partial charge in [0.05, 0.1) is 18.1 Å². The van der Waals surface area contributed by atoms with E-state index in [1.54, 1.807) is 13.8 Å². The number of aromatic nitrogens is 1. The molecule has 1 amide bonds. The Balaban J connectivity index is 2.58. The molecule has 0 aliphatic carbocycles. The van der Waals surface area contributed by atoms with Crippen LogP contribution in [-0.4, -0.2) is 41.5 Å². The van der Waals surface area contributed by atoms with E-state index in [0.717, 1.165) is 17.1 Å². The molecule has 0 aliphatic heterocycles. The molecule has 0 radical (unpaired) electrons. The molecular formula is C11H17N3O3S2. The predicted molar refractivity (Wildman–Crippen MR) is 77.8 cm³/mol. The minimum atomic E-state index is -0.407. The number of carbonyl (C=O) groups is 2. The van der Waals surface area contributed by atoms with Gasteiger partial charge in [0.25, 0.3) is 0 Å². The van der Waals surface area contributed by atoms with Crippen molar-refractivity contribution in [3.05, 3.63) is 10.6 Å². The van der Waals surface area contributed by atoms with Crippen LogP contribution in [0.3, 0.4) is 0 Å². The first-order valence-corrected chi connectivity index (χ1v) is 7.77. The molecule has 106 valence electrons. The van der Waals surface area contributed by atoms with Crippen molar-refractivity contribution < 1.29 is 14.3 Å². The number of nitrogens with one attached hydrogen (secondary N) is 1. The van der Waals surface area contributed by atoms with Gasteiger partial charge in [-0.1, -0.05) is 11.3 Å². The first kappa shape index (κ1) is 15.9. The Labute approximate surface area is 120 Å². The average Bonchev–Trinajstić information content (AvgIpc) is 2.71. The highest BCUT2D eigenvalue weighted by Crippen LogP contribution is 2.23. The van der Waals surface area contributed by atoms with E-state index in [4.69, 9.17) is 10.5 Å². The molecule has 0 atom stereocenters. The van der Waals surface area contributed by atoms with Crippen LogP contribution in [0.25, 0.3) is 0 Å². The zero-order chi connectivity index (χ0) is 14.3. The number of esters is 1. The Morgan fingerprint density at radius 2 is 2.26 bits per heavy atom.